The van der Waals surface area contributed by atoms with Crippen LogP contribution in [0.25, 0.3) is 0 Å². The summed E-state index contributed by atoms with van der Waals surface area (Å²) in [6.07, 6.45) is 0.917. The van der Waals surface area contributed by atoms with E-state index in [2.05, 4.69) is 5.10 Å². The molecule has 21 heavy (non-hydrogen) atoms. The van der Waals surface area contributed by atoms with Gasteiger partial charge in [0.15, 0.2) is 0 Å². The number of nitro groups is 1. The van der Waals surface area contributed by atoms with Crippen LogP contribution in [0.15, 0.2) is 29.3 Å². The molecule has 0 aliphatic carbocycles. The standard InChI is InChI=1S/C10H8ClFN4O4S/c11-7-2-1-6(3-8(7)12)4-15-5-9(21(13,19)20)10(14-15)16(17)18/h1-3,5H,4H2,(H2,13,19,20). The first-order valence-electron chi connectivity index (χ1n) is 5.37. The number of hydrogen-bond donors (Lipinski definition) is 1. The van der Waals surface area contributed by atoms with Crippen molar-refractivity contribution in [2.75, 3.05) is 0 Å². The molecule has 0 atom stereocenters. The summed E-state index contributed by atoms with van der Waals surface area (Å²) in [5.74, 6) is -1.55. The zero-order valence-electron chi connectivity index (χ0n) is 10.2. The molecule has 0 fully saturated rings. The molecule has 1 heterocycles. The van der Waals surface area contributed by atoms with Crippen LogP contribution in [0.4, 0.5) is 10.2 Å². The lowest BCUT2D eigenvalue weighted by Gasteiger charge is -2.00. The highest BCUT2D eigenvalue weighted by Gasteiger charge is 2.28. The molecule has 0 unspecified atom stereocenters. The van der Waals surface area contributed by atoms with Gasteiger partial charge in [-0.1, -0.05) is 17.7 Å². The average Bonchev–Trinajstić information content (AvgIpc) is 2.78. The van der Waals surface area contributed by atoms with Gasteiger partial charge in [0.1, 0.15) is 5.82 Å². The van der Waals surface area contributed by atoms with Crippen molar-refractivity contribution >= 4 is 27.4 Å². The van der Waals surface area contributed by atoms with Crippen molar-refractivity contribution in [1.29, 1.82) is 0 Å². The van der Waals surface area contributed by atoms with Crippen LogP contribution in [-0.2, 0) is 16.6 Å². The number of benzene rings is 1. The first-order chi connectivity index (χ1) is 9.68. The summed E-state index contributed by atoms with van der Waals surface area (Å²) in [6.45, 7) is -0.0789. The van der Waals surface area contributed by atoms with Crippen LogP contribution in [0.5, 0.6) is 0 Å². The summed E-state index contributed by atoms with van der Waals surface area (Å²) in [5, 5.41) is 19.1. The van der Waals surface area contributed by atoms with Crippen molar-refractivity contribution in [3.63, 3.8) is 0 Å². The Balaban J connectivity index is 2.41. The number of nitrogens with two attached hydrogens (primary N) is 1. The first-order valence-corrected chi connectivity index (χ1v) is 7.29. The first kappa shape index (κ1) is 15.4. The second kappa shape index (κ2) is 5.39. The van der Waals surface area contributed by atoms with Crippen molar-refractivity contribution in [3.8, 4) is 0 Å². The molecule has 11 heteroatoms. The summed E-state index contributed by atoms with van der Waals surface area (Å²) in [5.41, 5.74) is 0.398. The third-order valence-electron chi connectivity index (χ3n) is 2.52. The van der Waals surface area contributed by atoms with Gasteiger partial charge in [-0.05, 0) is 22.6 Å². The van der Waals surface area contributed by atoms with E-state index in [1.165, 1.54) is 12.1 Å². The fraction of sp³-hybridized carbons (Fsp3) is 0.100. The number of hydrogen-bond acceptors (Lipinski definition) is 5. The Labute approximate surface area is 123 Å². The third kappa shape index (κ3) is 3.35. The van der Waals surface area contributed by atoms with Gasteiger partial charge >= 0.3 is 5.82 Å². The van der Waals surface area contributed by atoms with Crippen molar-refractivity contribution in [2.24, 2.45) is 5.14 Å². The molecule has 0 saturated carbocycles. The zero-order valence-corrected chi connectivity index (χ0v) is 11.8. The van der Waals surface area contributed by atoms with E-state index in [0.717, 1.165) is 16.9 Å². The predicted molar refractivity (Wildman–Crippen MR) is 70.8 cm³/mol. The van der Waals surface area contributed by atoms with Crippen LogP contribution in [-0.4, -0.2) is 23.1 Å². The number of sulfonamides is 1. The second-order valence-electron chi connectivity index (χ2n) is 4.07. The largest absolute Gasteiger partial charge is 0.410 e. The molecule has 1 aromatic carbocycles. The number of aromatic nitrogens is 2. The molecular weight excluding hydrogens is 327 g/mol. The fourth-order valence-electron chi connectivity index (χ4n) is 1.63. The zero-order chi connectivity index (χ0) is 15.8. The highest BCUT2D eigenvalue weighted by atomic mass is 35.5. The summed E-state index contributed by atoms with van der Waals surface area (Å²) in [7, 11) is -4.29. The van der Waals surface area contributed by atoms with Gasteiger partial charge in [0.2, 0.25) is 14.9 Å². The molecule has 0 spiro atoms. The molecule has 2 rings (SSSR count). The van der Waals surface area contributed by atoms with Crippen molar-refractivity contribution in [1.82, 2.24) is 9.78 Å². The molecule has 8 nitrogen and oxygen atoms in total. The van der Waals surface area contributed by atoms with Gasteiger partial charge in [0.05, 0.1) is 22.9 Å². The van der Waals surface area contributed by atoms with Crippen LogP contribution in [0.2, 0.25) is 5.02 Å². The van der Waals surface area contributed by atoms with Gasteiger partial charge in [-0.3, -0.25) is 0 Å². The smallest absolute Gasteiger partial charge is 0.358 e. The minimum Gasteiger partial charge on any atom is -0.358 e. The topological polar surface area (TPSA) is 121 Å². The van der Waals surface area contributed by atoms with E-state index in [1.54, 1.807) is 0 Å². The van der Waals surface area contributed by atoms with Gasteiger partial charge in [-0.25, -0.2) is 17.9 Å². The van der Waals surface area contributed by atoms with Gasteiger partial charge in [0.25, 0.3) is 0 Å². The highest BCUT2D eigenvalue weighted by Crippen LogP contribution is 2.21. The van der Waals surface area contributed by atoms with E-state index in [-0.39, 0.29) is 11.6 Å². The Hall–Kier alpha value is -2.04. The maximum absolute atomic E-state index is 13.3. The summed E-state index contributed by atoms with van der Waals surface area (Å²) < 4.78 is 36.8. The van der Waals surface area contributed by atoms with E-state index >= 15 is 0 Å². The molecule has 2 aromatic rings. The van der Waals surface area contributed by atoms with E-state index in [0.29, 0.717) is 5.56 Å². The summed E-state index contributed by atoms with van der Waals surface area (Å²) in [6, 6.07) is 3.91. The number of rotatable bonds is 4. The number of primary sulfonamides is 1. The van der Waals surface area contributed by atoms with E-state index < -0.39 is 31.5 Å². The van der Waals surface area contributed by atoms with Gasteiger partial charge in [0, 0.05) is 0 Å². The molecule has 2 N–H and O–H groups in total. The third-order valence-corrected chi connectivity index (χ3v) is 3.73. The van der Waals surface area contributed by atoms with Crippen LogP contribution >= 0.6 is 11.6 Å². The molecule has 0 saturated heterocycles. The lowest BCUT2D eigenvalue weighted by molar-refractivity contribution is -0.392. The number of nitrogens with zero attached hydrogens (tertiary/aromatic N) is 3. The molecule has 0 radical (unpaired) electrons. The lowest BCUT2D eigenvalue weighted by atomic mass is 10.2. The van der Waals surface area contributed by atoms with Crippen LogP contribution in [0.1, 0.15) is 5.56 Å². The van der Waals surface area contributed by atoms with Gasteiger partial charge in [-0.2, -0.15) is 4.68 Å². The van der Waals surface area contributed by atoms with Crippen molar-refractivity contribution < 1.29 is 17.7 Å². The molecule has 0 amide bonds. The quantitative estimate of drug-likeness (QED) is 0.666. The highest BCUT2D eigenvalue weighted by molar-refractivity contribution is 7.89. The molecule has 1 aromatic heterocycles. The van der Waals surface area contributed by atoms with Crippen molar-refractivity contribution in [3.05, 3.63) is 50.9 Å². The van der Waals surface area contributed by atoms with Crippen molar-refractivity contribution in [2.45, 2.75) is 11.4 Å². The average molecular weight is 335 g/mol. The maximum Gasteiger partial charge on any atom is 0.410 e. The van der Waals surface area contributed by atoms with E-state index in [9.17, 15) is 22.9 Å². The van der Waals surface area contributed by atoms with E-state index in [1.807, 2.05) is 0 Å². The maximum atomic E-state index is 13.3. The SMILES string of the molecule is NS(=O)(=O)c1cn(Cc2ccc(Cl)c(F)c2)nc1[N+](=O)[O-]. The molecule has 0 aliphatic rings. The van der Waals surface area contributed by atoms with Crippen LogP contribution in [0, 0.1) is 15.9 Å². The molecule has 0 aliphatic heterocycles. The van der Waals surface area contributed by atoms with Gasteiger partial charge < -0.3 is 10.1 Å². The Morgan fingerprint density at radius 3 is 2.62 bits per heavy atom. The summed E-state index contributed by atoms with van der Waals surface area (Å²) in [4.78, 5) is 9.10. The minimum atomic E-state index is -4.29. The monoisotopic (exact) mass is 334 g/mol. The lowest BCUT2D eigenvalue weighted by Crippen LogP contribution is -2.13. The summed E-state index contributed by atoms with van der Waals surface area (Å²) >= 11 is 5.53. The fourth-order valence-corrected chi connectivity index (χ4v) is 2.38. The minimum absolute atomic E-state index is 0.0737. The molecular formula is C10H8ClFN4O4S. The number of halogens is 2. The normalized spacial score (nSPS) is 11.6. The van der Waals surface area contributed by atoms with Crippen LogP contribution in [0.3, 0.4) is 0 Å². The molecule has 0 bridgehead atoms. The Kier molecular flexibility index (Phi) is 3.94. The Bertz CT molecular complexity index is 820. The Morgan fingerprint density at radius 1 is 1.48 bits per heavy atom. The van der Waals surface area contributed by atoms with Gasteiger partial charge in [-0.15, -0.1) is 0 Å². The van der Waals surface area contributed by atoms with E-state index in [4.69, 9.17) is 16.7 Å². The van der Waals surface area contributed by atoms with Crippen LogP contribution < -0.4 is 5.14 Å². The molecule has 112 valence electrons. The predicted octanol–water partition coefficient (Wildman–Crippen LogP) is 1.28. The second-order valence-corrected chi connectivity index (χ2v) is 6.00. The Morgan fingerprint density at radius 2 is 2.14 bits per heavy atom.